The van der Waals surface area contributed by atoms with Crippen LogP contribution < -0.4 is 4.74 Å². The zero-order valence-electron chi connectivity index (χ0n) is 15.6. The third-order valence-corrected chi connectivity index (χ3v) is 5.25. The van der Waals surface area contributed by atoms with Gasteiger partial charge < -0.3 is 14.7 Å². The standard InChI is InChI=1S/C20H19ClN2O6/c1-29-14-6-3-12(4-7-14)18-17(20(25)26)15-8-5-13(23(27)28)11-16(15)19(24)22(18)10-2-9-21/h3-8,11,17-18H,2,9-10H2,1H3,(H,25,26)/t17-,18-/m1/s1. The summed E-state index contributed by atoms with van der Waals surface area (Å²) in [6.45, 7) is 0.227. The highest BCUT2D eigenvalue weighted by atomic mass is 35.5. The molecule has 1 N–H and O–H groups in total. The highest BCUT2D eigenvalue weighted by Gasteiger charge is 2.44. The number of ether oxygens (including phenoxy) is 1. The molecule has 1 aliphatic heterocycles. The molecular weight excluding hydrogens is 400 g/mol. The molecule has 29 heavy (non-hydrogen) atoms. The summed E-state index contributed by atoms with van der Waals surface area (Å²) in [6, 6.07) is 9.79. The lowest BCUT2D eigenvalue weighted by Crippen LogP contribution is -2.45. The van der Waals surface area contributed by atoms with Crippen LogP contribution in [-0.2, 0) is 4.79 Å². The van der Waals surface area contributed by atoms with Gasteiger partial charge >= 0.3 is 5.97 Å². The number of methoxy groups -OCH3 is 1. The molecule has 0 saturated carbocycles. The summed E-state index contributed by atoms with van der Waals surface area (Å²) in [5, 5.41) is 21.1. The highest BCUT2D eigenvalue weighted by Crippen LogP contribution is 2.44. The first kappa shape index (κ1) is 20.6. The van der Waals surface area contributed by atoms with E-state index in [1.807, 2.05) is 0 Å². The lowest BCUT2D eigenvalue weighted by molar-refractivity contribution is -0.384. The van der Waals surface area contributed by atoms with Crippen LogP contribution in [-0.4, -0.2) is 46.3 Å². The van der Waals surface area contributed by atoms with E-state index in [4.69, 9.17) is 16.3 Å². The molecule has 0 spiro atoms. The number of carbonyl (C=O) groups is 2. The minimum absolute atomic E-state index is 0.0333. The van der Waals surface area contributed by atoms with Crippen LogP contribution >= 0.6 is 11.6 Å². The van der Waals surface area contributed by atoms with Crippen molar-refractivity contribution in [1.82, 2.24) is 4.90 Å². The Hall–Kier alpha value is -3.13. The van der Waals surface area contributed by atoms with E-state index < -0.39 is 28.8 Å². The summed E-state index contributed by atoms with van der Waals surface area (Å²) in [6.07, 6.45) is 0.455. The van der Waals surface area contributed by atoms with Gasteiger partial charge in [0.1, 0.15) is 11.7 Å². The fourth-order valence-electron chi connectivity index (χ4n) is 3.66. The summed E-state index contributed by atoms with van der Waals surface area (Å²) < 4.78 is 5.16. The van der Waals surface area contributed by atoms with Crippen LogP contribution in [0.4, 0.5) is 5.69 Å². The van der Waals surface area contributed by atoms with E-state index in [9.17, 15) is 24.8 Å². The van der Waals surface area contributed by atoms with Gasteiger partial charge in [-0.3, -0.25) is 19.7 Å². The number of non-ortho nitro benzene ring substituents is 1. The number of fused-ring (bicyclic) bond motifs is 1. The highest BCUT2D eigenvalue weighted by molar-refractivity contribution is 6.17. The fourth-order valence-corrected chi connectivity index (χ4v) is 3.78. The zero-order chi connectivity index (χ0) is 21.1. The topological polar surface area (TPSA) is 110 Å². The number of alkyl halides is 1. The van der Waals surface area contributed by atoms with Crippen molar-refractivity contribution < 1.29 is 24.4 Å². The third-order valence-electron chi connectivity index (χ3n) is 4.98. The van der Waals surface area contributed by atoms with Gasteiger partial charge in [0.2, 0.25) is 0 Å². The largest absolute Gasteiger partial charge is 0.497 e. The van der Waals surface area contributed by atoms with Gasteiger partial charge in [0.05, 0.1) is 23.6 Å². The van der Waals surface area contributed by atoms with Crippen molar-refractivity contribution in [2.75, 3.05) is 19.5 Å². The molecule has 2 aromatic carbocycles. The van der Waals surface area contributed by atoms with Crippen LogP contribution in [0, 0.1) is 10.1 Å². The Bertz CT molecular complexity index is 946. The van der Waals surface area contributed by atoms with Crippen LogP contribution in [0.15, 0.2) is 42.5 Å². The molecule has 1 heterocycles. The second-order valence-electron chi connectivity index (χ2n) is 6.60. The molecule has 9 heteroatoms. The van der Waals surface area contributed by atoms with Crippen LogP contribution in [0.1, 0.15) is 39.9 Å². The Morgan fingerprint density at radius 3 is 2.52 bits per heavy atom. The molecule has 2 aromatic rings. The van der Waals surface area contributed by atoms with Crippen molar-refractivity contribution in [2.24, 2.45) is 0 Å². The molecule has 8 nitrogen and oxygen atoms in total. The number of benzene rings is 2. The number of rotatable bonds is 7. The van der Waals surface area contributed by atoms with Crippen molar-refractivity contribution >= 4 is 29.2 Å². The van der Waals surface area contributed by atoms with Gasteiger partial charge in [0, 0.05) is 24.6 Å². The number of nitro groups is 1. The minimum atomic E-state index is -1.12. The van der Waals surface area contributed by atoms with Gasteiger partial charge in [0.25, 0.3) is 11.6 Å². The number of amides is 1. The summed E-state index contributed by atoms with van der Waals surface area (Å²) in [4.78, 5) is 37.4. The molecule has 1 amide bonds. The lowest BCUT2D eigenvalue weighted by Gasteiger charge is -2.40. The number of carbonyl (C=O) groups excluding carboxylic acids is 1. The SMILES string of the molecule is COc1ccc([C@@H]2[C@H](C(=O)O)c3ccc([N+](=O)[O-])cc3C(=O)N2CCCCl)cc1. The predicted molar refractivity (Wildman–Crippen MR) is 106 cm³/mol. The first-order valence-corrected chi connectivity index (χ1v) is 9.44. The predicted octanol–water partition coefficient (Wildman–Crippen LogP) is 3.60. The van der Waals surface area contributed by atoms with E-state index in [-0.39, 0.29) is 23.4 Å². The maximum atomic E-state index is 13.2. The number of halogens is 1. The van der Waals surface area contributed by atoms with E-state index >= 15 is 0 Å². The van der Waals surface area contributed by atoms with Crippen molar-refractivity contribution in [2.45, 2.75) is 18.4 Å². The molecule has 0 bridgehead atoms. The average molecular weight is 419 g/mol. The number of hydrogen-bond donors (Lipinski definition) is 1. The van der Waals surface area contributed by atoms with E-state index in [1.165, 1.54) is 24.1 Å². The van der Waals surface area contributed by atoms with Gasteiger partial charge in [0.15, 0.2) is 0 Å². The van der Waals surface area contributed by atoms with Gasteiger partial charge in [-0.15, -0.1) is 11.6 Å². The van der Waals surface area contributed by atoms with Crippen molar-refractivity contribution in [3.05, 3.63) is 69.3 Å². The van der Waals surface area contributed by atoms with Crippen molar-refractivity contribution in [3.63, 3.8) is 0 Å². The molecule has 0 aromatic heterocycles. The maximum Gasteiger partial charge on any atom is 0.313 e. The Balaban J connectivity index is 2.18. The monoisotopic (exact) mass is 418 g/mol. The molecule has 2 atom stereocenters. The Kier molecular flexibility index (Phi) is 6.03. The lowest BCUT2D eigenvalue weighted by atomic mass is 9.79. The molecule has 0 unspecified atom stereocenters. The third kappa shape index (κ3) is 3.88. The van der Waals surface area contributed by atoms with Crippen LogP contribution in [0.25, 0.3) is 0 Å². The molecule has 0 radical (unpaired) electrons. The Morgan fingerprint density at radius 1 is 1.28 bits per heavy atom. The molecule has 0 fully saturated rings. The first-order valence-electron chi connectivity index (χ1n) is 8.91. The summed E-state index contributed by atoms with van der Waals surface area (Å²) in [5.74, 6) is -1.76. The number of carboxylic acid groups (broad SMARTS) is 1. The second-order valence-corrected chi connectivity index (χ2v) is 6.98. The fraction of sp³-hybridized carbons (Fsp3) is 0.300. The first-order chi connectivity index (χ1) is 13.9. The zero-order valence-corrected chi connectivity index (χ0v) is 16.3. The molecule has 0 aliphatic carbocycles. The van der Waals surface area contributed by atoms with Crippen molar-refractivity contribution in [1.29, 1.82) is 0 Å². The number of carboxylic acids is 1. The molecular formula is C20H19ClN2O6. The van der Waals surface area contributed by atoms with E-state index in [1.54, 1.807) is 24.3 Å². The van der Waals surface area contributed by atoms with Gasteiger partial charge in [-0.1, -0.05) is 18.2 Å². The molecule has 0 saturated heterocycles. The average Bonchev–Trinajstić information content (AvgIpc) is 2.72. The van der Waals surface area contributed by atoms with E-state index in [2.05, 4.69) is 0 Å². The number of nitro benzene ring substituents is 1. The Labute approximate surface area is 171 Å². The van der Waals surface area contributed by atoms with Crippen LogP contribution in [0.5, 0.6) is 5.75 Å². The summed E-state index contributed by atoms with van der Waals surface area (Å²) >= 11 is 5.81. The van der Waals surface area contributed by atoms with Crippen LogP contribution in [0.2, 0.25) is 0 Å². The summed E-state index contributed by atoms with van der Waals surface area (Å²) in [5.41, 5.74) is 0.661. The van der Waals surface area contributed by atoms with E-state index in [0.717, 1.165) is 6.07 Å². The molecule has 1 aliphatic rings. The number of hydrogen-bond acceptors (Lipinski definition) is 5. The molecule has 3 rings (SSSR count). The van der Waals surface area contributed by atoms with Gasteiger partial charge in [-0.2, -0.15) is 0 Å². The number of nitrogens with zero attached hydrogens (tertiary/aromatic N) is 2. The maximum absolute atomic E-state index is 13.2. The van der Waals surface area contributed by atoms with Crippen molar-refractivity contribution in [3.8, 4) is 5.75 Å². The van der Waals surface area contributed by atoms with Gasteiger partial charge in [-0.05, 0) is 29.7 Å². The molecule has 152 valence electrons. The minimum Gasteiger partial charge on any atom is -0.497 e. The smallest absolute Gasteiger partial charge is 0.313 e. The normalized spacial score (nSPS) is 18.3. The second kappa shape index (κ2) is 8.48. The van der Waals surface area contributed by atoms with Crippen LogP contribution in [0.3, 0.4) is 0 Å². The van der Waals surface area contributed by atoms with Gasteiger partial charge in [-0.25, -0.2) is 0 Å². The van der Waals surface area contributed by atoms with E-state index in [0.29, 0.717) is 23.6 Å². The quantitative estimate of drug-likeness (QED) is 0.418. The number of aliphatic carboxylic acids is 1. The summed E-state index contributed by atoms with van der Waals surface area (Å²) in [7, 11) is 1.52. The Morgan fingerprint density at radius 2 is 1.97 bits per heavy atom.